The van der Waals surface area contributed by atoms with Crippen LogP contribution in [0.4, 0.5) is 5.13 Å². The first-order valence-electron chi connectivity index (χ1n) is 8.29. The number of hydrogen-bond donors (Lipinski definition) is 1. The summed E-state index contributed by atoms with van der Waals surface area (Å²) in [5.74, 6) is -0.935. The van der Waals surface area contributed by atoms with E-state index in [1.54, 1.807) is 6.92 Å². The molecule has 0 atom stereocenters. The van der Waals surface area contributed by atoms with Crippen molar-refractivity contribution in [3.05, 3.63) is 46.1 Å². The van der Waals surface area contributed by atoms with E-state index in [9.17, 15) is 9.59 Å². The van der Waals surface area contributed by atoms with Gasteiger partial charge in [0.15, 0.2) is 6.61 Å². The average Bonchev–Trinajstić information content (AvgIpc) is 3.26. The van der Waals surface area contributed by atoms with Gasteiger partial charge in [-0.3, -0.25) is 15.1 Å². The zero-order valence-electron chi connectivity index (χ0n) is 14.1. The lowest BCUT2D eigenvalue weighted by Gasteiger charge is -2.11. The number of pyridine rings is 1. The van der Waals surface area contributed by atoms with Gasteiger partial charge in [0.2, 0.25) is 5.13 Å². The summed E-state index contributed by atoms with van der Waals surface area (Å²) in [6.07, 6.45) is 2.63. The monoisotopic (exact) mass is 368 g/mol. The van der Waals surface area contributed by atoms with Crippen LogP contribution in [-0.2, 0) is 22.4 Å². The molecule has 0 aliphatic heterocycles. The standard InChI is InChI=1S/C18H16N4O3S/c1-10-21-22-18(26-10)20-15(23)9-25-17(24)16-11-5-2-3-7-13(11)19-14-8-4-6-12(14)16/h2-3,5,7H,4,6,8-9H2,1H3,(H,20,22,23). The van der Waals surface area contributed by atoms with Crippen LogP contribution in [0.1, 0.15) is 33.0 Å². The van der Waals surface area contributed by atoms with Gasteiger partial charge in [-0.25, -0.2) is 4.79 Å². The van der Waals surface area contributed by atoms with Gasteiger partial charge in [-0.05, 0) is 37.8 Å². The molecular formula is C18H16N4O3S. The van der Waals surface area contributed by atoms with Crippen LogP contribution in [0.5, 0.6) is 0 Å². The van der Waals surface area contributed by atoms with Crippen LogP contribution in [0.15, 0.2) is 24.3 Å². The predicted molar refractivity (Wildman–Crippen MR) is 97.3 cm³/mol. The number of ether oxygens (including phenoxy) is 1. The molecule has 1 aliphatic rings. The Morgan fingerprint density at radius 1 is 1.23 bits per heavy atom. The number of carbonyl (C=O) groups excluding carboxylic acids is 2. The topological polar surface area (TPSA) is 94.1 Å². The molecule has 132 valence electrons. The molecule has 0 saturated carbocycles. The highest BCUT2D eigenvalue weighted by molar-refractivity contribution is 7.15. The lowest BCUT2D eigenvalue weighted by Crippen LogP contribution is -2.21. The van der Waals surface area contributed by atoms with E-state index >= 15 is 0 Å². The molecule has 0 unspecified atom stereocenters. The molecule has 2 aromatic heterocycles. The van der Waals surface area contributed by atoms with Crippen molar-refractivity contribution in [2.45, 2.75) is 26.2 Å². The van der Waals surface area contributed by atoms with Crippen molar-refractivity contribution in [3.63, 3.8) is 0 Å². The highest BCUT2D eigenvalue weighted by Gasteiger charge is 2.25. The van der Waals surface area contributed by atoms with Crippen LogP contribution in [0.2, 0.25) is 0 Å². The SMILES string of the molecule is Cc1nnc(NC(=O)COC(=O)c2c3c(nc4ccccc24)CCC3)s1. The third-order valence-corrected chi connectivity index (χ3v) is 4.98. The van der Waals surface area contributed by atoms with E-state index in [-0.39, 0.29) is 6.61 Å². The maximum Gasteiger partial charge on any atom is 0.339 e. The number of amides is 1. The van der Waals surface area contributed by atoms with Crippen LogP contribution in [0, 0.1) is 6.92 Å². The van der Waals surface area contributed by atoms with Crippen molar-refractivity contribution >= 4 is 39.2 Å². The molecule has 8 heteroatoms. The summed E-state index contributed by atoms with van der Waals surface area (Å²) in [6.45, 7) is 1.42. The number of carbonyl (C=O) groups is 2. The first-order valence-corrected chi connectivity index (χ1v) is 9.11. The Hall–Kier alpha value is -2.87. The number of para-hydroxylation sites is 1. The zero-order valence-corrected chi connectivity index (χ0v) is 14.9. The highest BCUT2D eigenvalue weighted by atomic mass is 32.1. The minimum absolute atomic E-state index is 0.372. The Bertz CT molecular complexity index is 1010. The Balaban J connectivity index is 1.54. The smallest absolute Gasteiger partial charge is 0.339 e. The molecule has 0 bridgehead atoms. The lowest BCUT2D eigenvalue weighted by molar-refractivity contribution is -0.119. The maximum atomic E-state index is 12.7. The van der Waals surface area contributed by atoms with Crippen molar-refractivity contribution in [3.8, 4) is 0 Å². The second kappa shape index (κ2) is 6.80. The molecule has 1 amide bonds. The Kier molecular flexibility index (Phi) is 4.34. The summed E-state index contributed by atoms with van der Waals surface area (Å²) < 4.78 is 5.28. The molecule has 1 aliphatic carbocycles. The van der Waals surface area contributed by atoms with E-state index in [2.05, 4.69) is 20.5 Å². The van der Waals surface area contributed by atoms with E-state index in [1.165, 1.54) is 11.3 Å². The molecule has 0 radical (unpaired) electrons. The summed E-state index contributed by atoms with van der Waals surface area (Å²) in [4.78, 5) is 29.4. The number of aromatic nitrogens is 3. The fourth-order valence-corrected chi connectivity index (χ4v) is 3.76. The average molecular weight is 368 g/mol. The quantitative estimate of drug-likeness (QED) is 0.712. The molecule has 1 aromatic carbocycles. The second-order valence-electron chi connectivity index (χ2n) is 6.03. The number of nitrogens with zero attached hydrogens (tertiary/aromatic N) is 3. The van der Waals surface area contributed by atoms with Crippen LogP contribution in [-0.4, -0.2) is 33.7 Å². The second-order valence-corrected chi connectivity index (χ2v) is 7.21. The summed E-state index contributed by atoms with van der Waals surface area (Å²) in [7, 11) is 0. The number of benzene rings is 1. The van der Waals surface area contributed by atoms with E-state index in [1.807, 2.05) is 24.3 Å². The van der Waals surface area contributed by atoms with Crippen LogP contribution in [0.3, 0.4) is 0 Å². The van der Waals surface area contributed by atoms with Gasteiger partial charge in [-0.15, -0.1) is 10.2 Å². The van der Waals surface area contributed by atoms with Crippen LogP contribution < -0.4 is 5.32 Å². The van der Waals surface area contributed by atoms with Crippen molar-refractivity contribution in [2.75, 3.05) is 11.9 Å². The zero-order chi connectivity index (χ0) is 18.1. The van der Waals surface area contributed by atoms with E-state index in [4.69, 9.17) is 4.74 Å². The number of anilines is 1. The number of rotatable bonds is 4. The van der Waals surface area contributed by atoms with Crippen LogP contribution >= 0.6 is 11.3 Å². The normalized spacial score (nSPS) is 12.8. The van der Waals surface area contributed by atoms with E-state index in [0.717, 1.165) is 46.4 Å². The van der Waals surface area contributed by atoms with Gasteiger partial charge in [0.05, 0.1) is 11.1 Å². The molecule has 0 saturated heterocycles. The number of hydrogen-bond acceptors (Lipinski definition) is 7. The minimum atomic E-state index is -0.495. The van der Waals surface area contributed by atoms with Gasteiger partial charge in [-0.1, -0.05) is 29.5 Å². The molecule has 0 spiro atoms. The fourth-order valence-electron chi connectivity index (χ4n) is 3.15. The molecule has 1 N–H and O–H groups in total. The lowest BCUT2D eigenvalue weighted by atomic mass is 10.0. The predicted octanol–water partition coefficient (Wildman–Crippen LogP) is 2.68. The Labute approximate surface area is 153 Å². The van der Waals surface area contributed by atoms with Crippen molar-refractivity contribution in [2.24, 2.45) is 0 Å². The largest absolute Gasteiger partial charge is 0.452 e. The number of nitrogens with one attached hydrogen (secondary N) is 1. The van der Waals surface area contributed by atoms with Crippen molar-refractivity contribution in [1.29, 1.82) is 0 Å². The summed E-state index contributed by atoms with van der Waals surface area (Å²) in [6, 6.07) is 7.51. The van der Waals surface area contributed by atoms with Gasteiger partial charge in [0.1, 0.15) is 5.01 Å². The van der Waals surface area contributed by atoms with Crippen LogP contribution in [0.25, 0.3) is 10.9 Å². The minimum Gasteiger partial charge on any atom is -0.452 e. The maximum absolute atomic E-state index is 12.7. The van der Waals surface area contributed by atoms with Gasteiger partial charge in [0.25, 0.3) is 5.91 Å². The first kappa shape index (κ1) is 16.6. The number of aryl methyl sites for hydroxylation is 2. The summed E-state index contributed by atoms with van der Waals surface area (Å²) in [5.41, 5.74) is 3.19. The first-order chi connectivity index (χ1) is 12.6. The van der Waals surface area contributed by atoms with Crippen molar-refractivity contribution < 1.29 is 14.3 Å². The van der Waals surface area contributed by atoms with Gasteiger partial charge in [0, 0.05) is 11.1 Å². The molecule has 3 aromatic rings. The molecule has 7 nitrogen and oxygen atoms in total. The fraction of sp³-hybridized carbons (Fsp3) is 0.278. The Morgan fingerprint density at radius 2 is 2.08 bits per heavy atom. The molecular weight excluding hydrogens is 352 g/mol. The van der Waals surface area contributed by atoms with Gasteiger partial charge in [-0.2, -0.15) is 0 Å². The van der Waals surface area contributed by atoms with E-state index < -0.39 is 11.9 Å². The third-order valence-electron chi connectivity index (χ3n) is 4.23. The number of fused-ring (bicyclic) bond motifs is 2. The van der Waals surface area contributed by atoms with Gasteiger partial charge >= 0.3 is 5.97 Å². The molecule has 0 fully saturated rings. The molecule has 4 rings (SSSR count). The molecule has 26 heavy (non-hydrogen) atoms. The van der Waals surface area contributed by atoms with Gasteiger partial charge < -0.3 is 4.74 Å². The Morgan fingerprint density at radius 3 is 2.88 bits per heavy atom. The summed E-state index contributed by atoms with van der Waals surface area (Å²) >= 11 is 1.26. The third kappa shape index (κ3) is 3.15. The highest BCUT2D eigenvalue weighted by Crippen LogP contribution is 2.30. The summed E-state index contributed by atoms with van der Waals surface area (Å²) in [5, 5.41) is 12.1. The number of esters is 1. The molecule has 2 heterocycles. The van der Waals surface area contributed by atoms with E-state index in [0.29, 0.717) is 10.7 Å². The van der Waals surface area contributed by atoms with Crippen molar-refractivity contribution in [1.82, 2.24) is 15.2 Å².